The minimum absolute atomic E-state index is 0.000893. The highest BCUT2D eigenvalue weighted by molar-refractivity contribution is 8.00. The fourth-order valence-corrected chi connectivity index (χ4v) is 4.49. The van der Waals surface area contributed by atoms with Crippen molar-refractivity contribution in [2.45, 2.75) is 28.4 Å². The van der Waals surface area contributed by atoms with Gasteiger partial charge in [0.1, 0.15) is 5.82 Å². The molecule has 1 aliphatic rings. The molecule has 1 heterocycles. The van der Waals surface area contributed by atoms with Gasteiger partial charge in [0.25, 0.3) is 10.0 Å². The Morgan fingerprint density at radius 2 is 2.04 bits per heavy atom. The molecular formula is C16H15FN2O3S2. The first-order valence-corrected chi connectivity index (χ1v) is 9.59. The smallest absolute Gasteiger partial charge is 0.261 e. The number of amides is 1. The van der Waals surface area contributed by atoms with E-state index in [-0.39, 0.29) is 21.7 Å². The second-order valence-electron chi connectivity index (χ2n) is 5.45. The minimum atomic E-state index is -3.88. The summed E-state index contributed by atoms with van der Waals surface area (Å²) in [5.41, 5.74) is 0.605. The highest BCUT2D eigenvalue weighted by atomic mass is 32.2. The van der Waals surface area contributed by atoms with Crippen LogP contribution in [0.1, 0.15) is 13.3 Å². The number of fused-ring (bicyclic) bond motifs is 1. The molecule has 0 aliphatic carbocycles. The van der Waals surface area contributed by atoms with Gasteiger partial charge in [-0.3, -0.25) is 9.52 Å². The van der Waals surface area contributed by atoms with Gasteiger partial charge in [0.15, 0.2) is 0 Å². The lowest BCUT2D eigenvalue weighted by Gasteiger charge is -2.12. The number of sulfonamides is 1. The van der Waals surface area contributed by atoms with E-state index in [9.17, 15) is 17.6 Å². The van der Waals surface area contributed by atoms with Gasteiger partial charge in [0.2, 0.25) is 5.91 Å². The number of halogens is 1. The van der Waals surface area contributed by atoms with Crippen molar-refractivity contribution >= 4 is 39.1 Å². The molecule has 0 bridgehead atoms. The van der Waals surface area contributed by atoms with Crippen LogP contribution >= 0.6 is 11.8 Å². The molecule has 2 aromatic rings. The summed E-state index contributed by atoms with van der Waals surface area (Å²) in [6.45, 7) is 1.94. The Labute approximate surface area is 143 Å². The van der Waals surface area contributed by atoms with Crippen molar-refractivity contribution < 1.29 is 17.6 Å². The number of hydrogen-bond donors (Lipinski definition) is 2. The lowest BCUT2D eigenvalue weighted by atomic mass is 10.3. The number of hydrogen-bond acceptors (Lipinski definition) is 4. The average Bonchev–Trinajstić information content (AvgIpc) is 2.62. The molecule has 1 unspecified atom stereocenters. The summed E-state index contributed by atoms with van der Waals surface area (Å²) in [7, 11) is -3.88. The molecule has 126 valence electrons. The summed E-state index contributed by atoms with van der Waals surface area (Å²) in [5.74, 6) is -0.684. The second-order valence-corrected chi connectivity index (χ2v) is 8.62. The maximum Gasteiger partial charge on any atom is 0.261 e. The molecule has 0 saturated heterocycles. The Kier molecular flexibility index (Phi) is 4.51. The van der Waals surface area contributed by atoms with Gasteiger partial charge in [-0.15, -0.1) is 11.8 Å². The zero-order valence-corrected chi connectivity index (χ0v) is 14.4. The van der Waals surface area contributed by atoms with Crippen molar-refractivity contribution in [3.63, 3.8) is 0 Å². The molecule has 1 aliphatic heterocycles. The van der Waals surface area contributed by atoms with Crippen molar-refractivity contribution in [2.75, 3.05) is 10.0 Å². The summed E-state index contributed by atoms with van der Waals surface area (Å²) < 4.78 is 40.5. The molecule has 8 heteroatoms. The van der Waals surface area contributed by atoms with Crippen LogP contribution in [-0.4, -0.2) is 19.6 Å². The summed E-state index contributed by atoms with van der Waals surface area (Å²) in [6.07, 6.45) is 0.364. The molecule has 0 radical (unpaired) electrons. The predicted molar refractivity (Wildman–Crippen MR) is 92.2 cm³/mol. The zero-order valence-electron chi connectivity index (χ0n) is 12.7. The van der Waals surface area contributed by atoms with E-state index >= 15 is 0 Å². The highest BCUT2D eigenvalue weighted by Gasteiger charge is 2.22. The number of anilines is 2. The lowest BCUT2D eigenvalue weighted by Crippen LogP contribution is -2.15. The Bertz CT molecular complexity index is 900. The number of thioether (sulfide) groups is 1. The molecule has 24 heavy (non-hydrogen) atoms. The molecule has 1 amide bonds. The SMILES string of the molecule is CC1CC(=O)Nc2cc(S(=O)(=O)Nc3cccc(F)c3)ccc2S1. The quantitative estimate of drug-likeness (QED) is 0.872. The van der Waals surface area contributed by atoms with Crippen molar-refractivity contribution in [3.8, 4) is 0 Å². The molecule has 1 atom stereocenters. The zero-order chi connectivity index (χ0) is 17.3. The second kappa shape index (κ2) is 6.45. The van der Waals surface area contributed by atoms with Crippen LogP contribution in [0.25, 0.3) is 0 Å². The standard InChI is InChI=1S/C16H15FN2O3S2/c1-10-7-16(20)18-14-9-13(5-6-15(14)23-10)24(21,22)19-12-4-2-3-11(17)8-12/h2-6,8-10,19H,7H2,1H3,(H,18,20). The van der Waals surface area contributed by atoms with Crippen molar-refractivity contribution in [1.29, 1.82) is 0 Å². The Morgan fingerprint density at radius 1 is 1.25 bits per heavy atom. The fraction of sp³-hybridized carbons (Fsp3) is 0.188. The van der Waals surface area contributed by atoms with Gasteiger partial charge in [0, 0.05) is 16.6 Å². The molecule has 3 rings (SSSR count). The third-order valence-electron chi connectivity index (χ3n) is 3.41. The van der Waals surface area contributed by atoms with Gasteiger partial charge in [-0.2, -0.15) is 0 Å². The van der Waals surface area contributed by atoms with Crippen LogP contribution in [-0.2, 0) is 14.8 Å². The van der Waals surface area contributed by atoms with E-state index in [0.29, 0.717) is 12.1 Å². The van der Waals surface area contributed by atoms with Gasteiger partial charge in [0.05, 0.1) is 16.3 Å². The maximum absolute atomic E-state index is 13.2. The van der Waals surface area contributed by atoms with Crippen LogP contribution in [0.15, 0.2) is 52.3 Å². The number of nitrogens with one attached hydrogen (secondary N) is 2. The number of carbonyl (C=O) groups excluding carboxylic acids is 1. The van der Waals surface area contributed by atoms with E-state index in [1.165, 1.54) is 42.1 Å². The van der Waals surface area contributed by atoms with Crippen LogP contribution in [0.4, 0.5) is 15.8 Å². The molecule has 5 nitrogen and oxygen atoms in total. The molecule has 2 N–H and O–H groups in total. The normalized spacial score (nSPS) is 17.6. The summed E-state index contributed by atoms with van der Waals surface area (Å²) in [4.78, 5) is 12.6. The van der Waals surface area contributed by atoms with E-state index in [4.69, 9.17) is 0 Å². The molecule has 0 fully saturated rings. The van der Waals surface area contributed by atoms with Gasteiger partial charge < -0.3 is 5.32 Å². The van der Waals surface area contributed by atoms with Gasteiger partial charge in [-0.25, -0.2) is 12.8 Å². The minimum Gasteiger partial charge on any atom is -0.325 e. The fourth-order valence-electron chi connectivity index (χ4n) is 2.36. The van der Waals surface area contributed by atoms with Crippen molar-refractivity contribution in [3.05, 3.63) is 48.3 Å². The Balaban J connectivity index is 1.93. The van der Waals surface area contributed by atoms with E-state index in [2.05, 4.69) is 10.0 Å². The molecular weight excluding hydrogens is 351 g/mol. The highest BCUT2D eigenvalue weighted by Crippen LogP contribution is 2.36. The average molecular weight is 366 g/mol. The largest absolute Gasteiger partial charge is 0.325 e. The van der Waals surface area contributed by atoms with Crippen LogP contribution in [0.2, 0.25) is 0 Å². The molecule has 0 aromatic heterocycles. The first-order chi connectivity index (χ1) is 11.3. The van der Waals surface area contributed by atoms with Crippen LogP contribution in [0.3, 0.4) is 0 Å². The lowest BCUT2D eigenvalue weighted by molar-refractivity contribution is -0.116. The third kappa shape index (κ3) is 3.70. The molecule has 2 aromatic carbocycles. The first-order valence-electron chi connectivity index (χ1n) is 7.22. The van der Waals surface area contributed by atoms with Gasteiger partial charge in [-0.1, -0.05) is 13.0 Å². The van der Waals surface area contributed by atoms with Gasteiger partial charge in [-0.05, 0) is 36.4 Å². The topological polar surface area (TPSA) is 75.3 Å². The summed E-state index contributed by atoms with van der Waals surface area (Å²) >= 11 is 1.51. The molecule has 0 spiro atoms. The van der Waals surface area contributed by atoms with Crippen molar-refractivity contribution in [2.24, 2.45) is 0 Å². The van der Waals surface area contributed by atoms with E-state index in [1.54, 1.807) is 6.07 Å². The summed E-state index contributed by atoms with van der Waals surface area (Å²) in [6, 6.07) is 9.76. The molecule has 0 saturated carbocycles. The van der Waals surface area contributed by atoms with Crippen LogP contribution in [0.5, 0.6) is 0 Å². The van der Waals surface area contributed by atoms with E-state index < -0.39 is 15.8 Å². The van der Waals surface area contributed by atoms with Crippen LogP contribution in [0, 0.1) is 5.82 Å². The Hall–Kier alpha value is -2.06. The number of benzene rings is 2. The van der Waals surface area contributed by atoms with E-state index in [0.717, 1.165) is 11.0 Å². The van der Waals surface area contributed by atoms with E-state index in [1.807, 2.05) is 6.92 Å². The first kappa shape index (κ1) is 16.8. The third-order valence-corrected chi connectivity index (χ3v) is 5.97. The number of rotatable bonds is 3. The maximum atomic E-state index is 13.2. The van der Waals surface area contributed by atoms with Gasteiger partial charge >= 0.3 is 0 Å². The monoisotopic (exact) mass is 366 g/mol. The van der Waals surface area contributed by atoms with Crippen molar-refractivity contribution in [1.82, 2.24) is 0 Å². The number of carbonyl (C=O) groups is 1. The Morgan fingerprint density at radius 3 is 2.79 bits per heavy atom. The predicted octanol–water partition coefficient (Wildman–Crippen LogP) is 3.45. The van der Waals surface area contributed by atoms with Crippen LogP contribution < -0.4 is 10.0 Å². The summed E-state index contributed by atoms with van der Waals surface area (Å²) in [5, 5.41) is 2.84.